The second-order valence-corrected chi connectivity index (χ2v) is 5.46. The van der Waals surface area contributed by atoms with Crippen LogP contribution in [0.1, 0.15) is 37.8 Å². The van der Waals surface area contributed by atoms with E-state index in [4.69, 9.17) is 10.5 Å². The number of carbonyl (C=O) groups is 1. The van der Waals surface area contributed by atoms with E-state index in [0.29, 0.717) is 6.42 Å². The molecule has 0 bridgehead atoms. The van der Waals surface area contributed by atoms with Crippen LogP contribution in [0, 0.1) is 5.92 Å². The van der Waals surface area contributed by atoms with E-state index in [-0.39, 0.29) is 17.9 Å². The molecule has 2 N–H and O–H groups in total. The molecule has 1 saturated heterocycles. The Labute approximate surface area is 120 Å². The highest BCUT2D eigenvalue weighted by Gasteiger charge is 2.33. The van der Waals surface area contributed by atoms with Crippen LogP contribution in [0.25, 0.3) is 0 Å². The lowest BCUT2D eigenvalue weighted by molar-refractivity contribution is -0.127. The van der Waals surface area contributed by atoms with Crippen molar-refractivity contribution < 1.29 is 9.53 Å². The molecule has 2 atom stereocenters. The number of rotatable bonds is 6. The number of unbranched alkanes of at least 4 members (excludes halogenated alkanes) is 1. The summed E-state index contributed by atoms with van der Waals surface area (Å²) < 4.78 is 5.15. The van der Waals surface area contributed by atoms with Crippen molar-refractivity contribution in [2.75, 3.05) is 20.2 Å². The molecule has 1 aromatic rings. The number of ether oxygens (including phenoxy) is 1. The number of methoxy groups -OCH3 is 1. The average Bonchev–Trinajstić information content (AvgIpc) is 2.85. The second-order valence-electron chi connectivity index (χ2n) is 5.46. The molecule has 0 radical (unpaired) electrons. The Hall–Kier alpha value is -1.55. The Bertz CT molecular complexity index is 444. The van der Waals surface area contributed by atoms with Gasteiger partial charge < -0.3 is 15.4 Å². The summed E-state index contributed by atoms with van der Waals surface area (Å²) in [5.74, 6) is 1.29. The molecule has 2 unspecified atom stereocenters. The molecule has 1 aliphatic rings. The number of likely N-dealkylation sites (tertiary alicyclic amines) is 1. The molecule has 4 heteroatoms. The predicted octanol–water partition coefficient (Wildman–Crippen LogP) is 2.34. The highest BCUT2D eigenvalue weighted by Crippen LogP contribution is 2.30. The summed E-state index contributed by atoms with van der Waals surface area (Å²) in [7, 11) is 1.65. The van der Waals surface area contributed by atoms with Gasteiger partial charge in [-0.3, -0.25) is 4.79 Å². The standard InChI is InChI=1S/C16H24N2O2/c1-3-4-9-18-11-13(10-15(18)19)16(17)12-5-7-14(20-2)8-6-12/h5-8,13,16H,3-4,9-11,17H2,1-2H3. The Balaban J connectivity index is 1.98. The maximum atomic E-state index is 12.0. The zero-order chi connectivity index (χ0) is 14.5. The van der Waals surface area contributed by atoms with Crippen molar-refractivity contribution in [2.24, 2.45) is 11.7 Å². The number of hydrogen-bond acceptors (Lipinski definition) is 3. The smallest absolute Gasteiger partial charge is 0.222 e. The summed E-state index contributed by atoms with van der Waals surface area (Å²) >= 11 is 0. The lowest BCUT2D eigenvalue weighted by Crippen LogP contribution is -2.28. The van der Waals surface area contributed by atoms with Gasteiger partial charge in [-0.05, 0) is 24.1 Å². The van der Waals surface area contributed by atoms with Gasteiger partial charge in [0.1, 0.15) is 5.75 Å². The summed E-state index contributed by atoms with van der Waals surface area (Å²) in [5.41, 5.74) is 7.40. The molecular weight excluding hydrogens is 252 g/mol. The molecule has 1 amide bonds. The van der Waals surface area contributed by atoms with E-state index in [9.17, 15) is 4.79 Å². The van der Waals surface area contributed by atoms with E-state index in [2.05, 4.69) is 6.92 Å². The fourth-order valence-corrected chi connectivity index (χ4v) is 2.71. The van der Waals surface area contributed by atoms with Crippen LogP contribution >= 0.6 is 0 Å². The molecule has 110 valence electrons. The van der Waals surface area contributed by atoms with E-state index in [1.165, 1.54) is 0 Å². The Morgan fingerprint density at radius 3 is 2.70 bits per heavy atom. The second kappa shape index (κ2) is 6.75. The van der Waals surface area contributed by atoms with Crippen LogP contribution in [-0.2, 0) is 4.79 Å². The first-order valence-corrected chi connectivity index (χ1v) is 7.33. The molecule has 0 aromatic heterocycles. The van der Waals surface area contributed by atoms with Gasteiger partial charge in [-0.1, -0.05) is 25.5 Å². The van der Waals surface area contributed by atoms with Gasteiger partial charge in [-0.25, -0.2) is 0 Å². The van der Waals surface area contributed by atoms with Gasteiger partial charge >= 0.3 is 0 Å². The number of hydrogen-bond donors (Lipinski definition) is 1. The molecule has 1 aromatic carbocycles. The zero-order valence-corrected chi connectivity index (χ0v) is 12.3. The van der Waals surface area contributed by atoms with Crippen molar-refractivity contribution >= 4 is 5.91 Å². The summed E-state index contributed by atoms with van der Waals surface area (Å²) in [6.45, 7) is 3.79. The van der Waals surface area contributed by atoms with Gasteiger partial charge in [0.2, 0.25) is 5.91 Å². The van der Waals surface area contributed by atoms with Crippen molar-refractivity contribution in [2.45, 2.75) is 32.2 Å². The average molecular weight is 276 g/mol. The topological polar surface area (TPSA) is 55.6 Å². The van der Waals surface area contributed by atoms with E-state index in [1.54, 1.807) is 7.11 Å². The summed E-state index contributed by atoms with van der Waals surface area (Å²) in [4.78, 5) is 13.9. The largest absolute Gasteiger partial charge is 0.497 e. The quantitative estimate of drug-likeness (QED) is 0.867. The highest BCUT2D eigenvalue weighted by molar-refractivity contribution is 5.78. The van der Waals surface area contributed by atoms with Crippen molar-refractivity contribution in [1.82, 2.24) is 4.90 Å². The fraction of sp³-hybridized carbons (Fsp3) is 0.562. The summed E-state index contributed by atoms with van der Waals surface area (Å²) in [6.07, 6.45) is 2.74. The summed E-state index contributed by atoms with van der Waals surface area (Å²) in [6, 6.07) is 7.73. The van der Waals surface area contributed by atoms with Crippen LogP contribution in [0.5, 0.6) is 5.75 Å². The molecule has 0 aliphatic carbocycles. The van der Waals surface area contributed by atoms with Crippen LogP contribution in [0.4, 0.5) is 0 Å². The van der Waals surface area contributed by atoms with E-state index in [0.717, 1.165) is 37.2 Å². The van der Waals surface area contributed by atoms with Gasteiger partial charge in [0.25, 0.3) is 0 Å². The maximum Gasteiger partial charge on any atom is 0.222 e. The monoisotopic (exact) mass is 276 g/mol. The zero-order valence-electron chi connectivity index (χ0n) is 12.3. The normalized spacial score (nSPS) is 20.2. The van der Waals surface area contributed by atoms with E-state index >= 15 is 0 Å². The van der Waals surface area contributed by atoms with Crippen LogP contribution in [-0.4, -0.2) is 31.0 Å². The number of nitrogens with zero attached hydrogens (tertiary/aromatic N) is 1. The van der Waals surface area contributed by atoms with Crippen molar-refractivity contribution in [1.29, 1.82) is 0 Å². The Morgan fingerprint density at radius 2 is 2.10 bits per heavy atom. The lowest BCUT2D eigenvalue weighted by atomic mass is 9.93. The molecule has 2 rings (SSSR count). The third-order valence-electron chi connectivity index (χ3n) is 4.03. The van der Waals surface area contributed by atoms with Gasteiger partial charge in [-0.2, -0.15) is 0 Å². The molecular formula is C16H24N2O2. The molecule has 0 saturated carbocycles. The van der Waals surface area contributed by atoms with Gasteiger partial charge in [-0.15, -0.1) is 0 Å². The number of benzene rings is 1. The van der Waals surface area contributed by atoms with Crippen LogP contribution in [0.3, 0.4) is 0 Å². The van der Waals surface area contributed by atoms with E-state index < -0.39 is 0 Å². The van der Waals surface area contributed by atoms with Gasteiger partial charge in [0, 0.05) is 31.5 Å². The Kier molecular flexibility index (Phi) is 5.01. The van der Waals surface area contributed by atoms with Gasteiger partial charge in [0.05, 0.1) is 7.11 Å². The Morgan fingerprint density at radius 1 is 1.40 bits per heavy atom. The first-order valence-electron chi connectivity index (χ1n) is 7.33. The van der Waals surface area contributed by atoms with E-state index in [1.807, 2.05) is 29.2 Å². The molecule has 0 spiro atoms. The number of carbonyl (C=O) groups excluding carboxylic acids is 1. The van der Waals surface area contributed by atoms with Gasteiger partial charge in [0.15, 0.2) is 0 Å². The maximum absolute atomic E-state index is 12.0. The molecule has 4 nitrogen and oxygen atoms in total. The fourth-order valence-electron chi connectivity index (χ4n) is 2.71. The van der Waals surface area contributed by atoms with Crippen molar-refractivity contribution in [3.8, 4) is 5.75 Å². The number of amides is 1. The first-order chi connectivity index (χ1) is 9.65. The van der Waals surface area contributed by atoms with Crippen molar-refractivity contribution in [3.63, 3.8) is 0 Å². The third kappa shape index (κ3) is 3.31. The van der Waals surface area contributed by atoms with Crippen LogP contribution < -0.4 is 10.5 Å². The third-order valence-corrected chi connectivity index (χ3v) is 4.03. The minimum atomic E-state index is -0.0866. The molecule has 20 heavy (non-hydrogen) atoms. The molecule has 1 aliphatic heterocycles. The predicted molar refractivity (Wildman–Crippen MR) is 79.5 cm³/mol. The summed E-state index contributed by atoms with van der Waals surface area (Å²) in [5, 5.41) is 0. The minimum Gasteiger partial charge on any atom is -0.497 e. The highest BCUT2D eigenvalue weighted by atomic mass is 16.5. The first kappa shape index (κ1) is 14.9. The molecule has 1 heterocycles. The minimum absolute atomic E-state index is 0.0866. The molecule has 1 fully saturated rings. The van der Waals surface area contributed by atoms with Crippen LogP contribution in [0.2, 0.25) is 0 Å². The number of nitrogens with two attached hydrogens (primary N) is 1. The lowest BCUT2D eigenvalue weighted by Gasteiger charge is -2.20. The van der Waals surface area contributed by atoms with Crippen molar-refractivity contribution in [3.05, 3.63) is 29.8 Å². The SMILES string of the molecule is CCCCN1CC(C(N)c2ccc(OC)cc2)CC1=O. The van der Waals surface area contributed by atoms with Crippen LogP contribution in [0.15, 0.2) is 24.3 Å².